The summed E-state index contributed by atoms with van der Waals surface area (Å²) in [7, 11) is 0. The van der Waals surface area contributed by atoms with Crippen molar-refractivity contribution >= 4 is 5.91 Å². The second-order valence-electron chi connectivity index (χ2n) is 4.18. The van der Waals surface area contributed by atoms with Crippen LogP contribution in [-0.2, 0) is 4.79 Å². The van der Waals surface area contributed by atoms with Crippen LogP contribution >= 0.6 is 0 Å². The van der Waals surface area contributed by atoms with Crippen molar-refractivity contribution in [2.75, 3.05) is 0 Å². The highest BCUT2D eigenvalue weighted by molar-refractivity contribution is 5.74. The third-order valence-corrected chi connectivity index (χ3v) is 2.82. The molecule has 0 aromatic heterocycles. The number of hydrogen-bond donors (Lipinski definition) is 1. The number of rotatable bonds is 3. The van der Waals surface area contributed by atoms with E-state index in [1.807, 2.05) is 0 Å². The molecule has 0 radical (unpaired) electrons. The van der Waals surface area contributed by atoms with E-state index in [4.69, 9.17) is 0 Å². The fraction of sp³-hybridized carbons (Fsp3) is 0.750. The summed E-state index contributed by atoms with van der Waals surface area (Å²) in [5.74, 6) is 0.924. The van der Waals surface area contributed by atoms with Gasteiger partial charge in [0, 0.05) is 12.6 Å². The number of allylic oxidation sites excluding steroid dienone is 2. The van der Waals surface area contributed by atoms with Gasteiger partial charge in [-0.3, -0.25) is 4.79 Å². The third-order valence-electron chi connectivity index (χ3n) is 2.82. The summed E-state index contributed by atoms with van der Waals surface area (Å²) < 4.78 is 0. The number of carbonyl (C=O) groups excluding carboxylic acids is 1. The van der Waals surface area contributed by atoms with Crippen LogP contribution in [0.4, 0.5) is 0 Å². The third kappa shape index (κ3) is 3.95. The molecule has 1 rings (SSSR count). The monoisotopic (exact) mass is 195 g/mol. The zero-order chi connectivity index (χ0) is 10.4. The molecule has 1 N–H and O–H groups in total. The van der Waals surface area contributed by atoms with Crippen molar-refractivity contribution in [2.45, 2.75) is 52.4 Å². The smallest absolute Gasteiger partial charge is 0.220 e. The van der Waals surface area contributed by atoms with E-state index >= 15 is 0 Å². The minimum Gasteiger partial charge on any atom is -0.330 e. The van der Waals surface area contributed by atoms with Gasteiger partial charge in [0.25, 0.3) is 0 Å². The van der Waals surface area contributed by atoms with Gasteiger partial charge in [-0.05, 0) is 31.6 Å². The van der Waals surface area contributed by atoms with Gasteiger partial charge in [-0.1, -0.05) is 25.8 Å². The van der Waals surface area contributed by atoms with Gasteiger partial charge in [-0.2, -0.15) is 0 Å². The number of carbonyl (C=O) groups is 1. The molecular formula is C12H21NO. The maximum Gasteiger partial charge on any atom is 0.220 e. The van der Waals surface area contributed by atoms with E-state index < -0.39 is 0 Å². The molecule has 0 aliphatic heterocycles. The lowest BCUT2D eigenvalue weighted by molar-refractivity contribution is -0.118. The number of hydrogen-bond acceptors (Lipinski definition) is 1. The van der Waals surface area contributed by atoms with Crippen molar-refractivity contribution in [3.8, 4) is 0 Å². The molecule has 1 amide bonds. The van der Waals surface area contributed by atoms with Crippen LogP contribution in [0.5, 0.6) is 0 Å². The summed E-state index contributed by atoms with van der Waals surface area (Å²) in [5, 5.41) is 2.91. The van der Waals surface area contributed by atoms with Gasteiger partial charge < -0.3 is 5.32 Å². The minimum absolute atomic E-state index is 0.0604. The zero-order valence-corrected chi connectivity index (χ0v) is 9.31. The van der Waals surface area contributed by atoms with Crippen LogP contribution in [-0.4, -0.2) is 5.91 Å². The Labute approximate surface area is 86.8 Å². The molecule has 0 spiro atoms. The molecule has 1 aliphatic carbocycles. The summed E-state index contributed by atoms with van der Waals surface area (Å²) in [6.45, 7) is 3.82. The minimum atomic E-state index is 0.0604. The van der Waals surface area contributed by atoms with Gasteiger partial charge in [-0.15, -0.1) is 0 Å². The lowest BCUT2D eigenvalue weighted by Gasteiger charge is -2.12. The first-order valence-electron chi connectivity index (χ1n) is 5.69. The van der Waals surface area contributed by atoms with Crippen molar-refractivity contribution in [3.63, 3.8) is 0 Å². The first-order valence-corrected chi connectivity index (χ1v) is 5.69. The Balaban J connectivity index is 2.37. The maximum atomic E-state index is 10.9. The topological polar surface area (TPSA) is 29.1 Å². The molecule has 0 bridgehead atoms. The Hall–Kier alpha value is -0.790. The molecular weight excluding hydrogens is 174 g/mol. The largest absolute Gasteiger partial charge is 0.330 e. The molecule has 0 fully saturated rings. The second kappa shape index (κ2) is 5.84. The van der Waals surface area contributed by atoms with Crippen LogP contribution in [0.2, 0.25) is 0 Å². The predicted molar refractivity (Wildman–Crippen MR) is 58.8 cm³/mol. The van der Waals surface area contributed by atoms with Crippen LogP contribution in [0.1, 0.15) is 52.4 Å². The standard InChI is InChI=1S/C12H21NO/c1-3-5-11-6-4-7-12(9-8-11)13-10(2)14/h7,11H,3-6,8-9H2,1-2H3,(H,13,14). The van der Waals surface area contributed by atoms with E-state index in [2.05, 4.69) is 18.3 Å². The molecule has 1 atom stereocenters. The molecule has 0 heterocycles. The fourth-order valence-corrected chi connectivity index (χ4v) is 2.14. The van der Waals surface area contributed by atoms with E-state index in [0.717, 1.165) is 24.5 Å². The van der Waals surface area contributed by atoms with Crippen molar-refractivity contribution in [3.05, 3.63) is 11.8 Å². The van der Waals surface area contributed by atoms with Crippen LogP contribution in [0, 0.1) is 5.92 Å². The summed E-state index contributed by atoms with van der Waals surface area (Å²) in [6.07, 6.45) is 9.50. The first-order chi connectivity index (χ1) is 6.72. The van der Waals surface area contributed by atoms with Crippen molar-refractivity contribution in [1.29, 1.82) is 0 Å². The lowest BCUT2D eigenvalue weighted by Crippen LogP contribution is -2.18. The average molecular weight is 195 g/mol. The predicted octanol–water partition coefficient (Wildman–Crippen LogP) is 3.00. The van der Waals surface area contributed by atoms with Crippen LogP contribution < -0.4 is 5.32 Å². The maximum absolute atomic E-state index is 10.9. The molecule has 14 heavy (non-hydrogen) atoms. The number of amides is 1. The highest BCUT2D eigenvalue weighted by atomic mass is 16.1. The van der Waals surface area contributed by atoms with E-state index in [1.54, 1.807) is 6.92 Å². The van der Waals surface area contributed by atoms with Crippen LogP contribution in [0.25, 0.3) is 0 Å². The average Bonchev–Trinajstić information content (AvgIpc) is 2.31. The second-order valence-corrected chi connectivity index (χ2v) is 4.18. The Morgan fingerprint density at radius 3 is 3.00 bits per heavy atom. The molecule has 2 nitrogen and oxygen atoms in total. The lowest BCUT2D eigenvalue weighted by atomic mass is 9.95. The zero-order valence-electron chi connectivity index (χ0n) is 9.31. The van der Waals surface area contributed by atoms with Crippen LogP contribution in [0.15, 0.2) is 11.8 Å². The van der Waals surface area contributed by atoms with Crippen molar-refractivity contribution in [2.24, 2.45) is 5.92 Å². The molecule has 0 aromatic carbocycles. The Morgan fingerprint density at radius 1 is 1.57 bits per heavy atom. The van der Waals surface area contributed by atoms with Gasteiger partial charge in [0.1, 0.15) is 0 Å². The van der Waals surface area contributed by atoms with E-state index in [1.165, 1.54) is 25.7 Å². The fourth-order valence-electron chi connectivity index (χ4n) is 2.14. The summed E-state index contributed by atoms with van der Waals surface area (Å²) in [6, 6.07) is 0. The summed E-state index contributed by atoms with van der Waals surface area (Å²) >= 11 is 0. The summed E-state index contributed by atoms with van der Waals surface area (Å²) in [5.41, 5.74) is 1.14. The Kier molecular flexibility index (Phi) is 4.71. The van der Waals surface area contributed by atoms with E-state index in [-0.39, 0.29) is 5.91 Å². The molecule has 1 unspecified atom stereocenters. The Morgan fingerprint density at radius 2 is 2.36 bits per heavy atom. The molecule has 0 aromatic rings. The Bertz CT molecular complexity index is 220. The molecule has 2 heteroatoms. The van der Waals surface area contributed by atoms with Crippen molar-refractivity contribution in [1.82, 2.24) is 5.32 Å². The van der Waals surface area contributed by atoms with Crippen LogP contribution in [0.3, 0.4) is 0 Å². The van der Waals surface area contributed by atoms with Gasteiger partial charge in [0.2, 0.25) is 5.91 Å². The van der Waals surface area contributed by atoms with E-state index in [0.29, 0.717) is 0 Å². The highest BCUT2D eigenvalue weighted by Gasteiger charge is 2.12. The highest BCUT2D eigenvalue weighted by Crippen LogP contribution is 2.25. The number of nitrogens with one attached hydrogen (secondary N) is 1. The van der Waals surface area contributed by atoms with Crippen molar-refractivity contribution < 1.29 is 4.79 Å². The van der Waals surface area contributed by atoms with E-state index in [9.17, 15) is 4.79 Å². The summed E-state index contributed by atoms with van der Waals surface area (Å²) in [4.78, 5) is 10.9. The molecule has 0 saturated carbocycles. The van der Waals surface area contributed by atoms with Gasteiger partial charge in [-0.25, -0.2) is 0 Å². The van der Waals surface area contributed by atoms with Gasteiger partial charge in [0.05, 0.1) is 0 Å². The normalized spacial score (nSPS) is 22.4. The SMILES string of the molecule is CCCC1CCC=C(NC(C)=O)CC1. The first kappa shape index (κ1) is 11.3. The van der Waals surface area contributed by atoms with Gasteiger partial charge >= 0.3 is 0 Å². The molecule has 80 valence electrons. The van der Waals surface area contributed by atoms with Gasteiger partial charge in [0.15, 0.2) is 0 Å². The molecule has 0 saturated heterocycles. The molecule has 1 aliphatic rings. The quantitative estimate of drug-likeness (QED) is 0.737.